The number of carbonyl (C=O) groups excluding carboxylic acids is 1. The minimum absolute atomic E-state index is 0.0163. The third-order valence-electron chi connectivity index (χ3n) is 6.02. The summed E-state index contributed by atoms with van der Waals surface area (Å²) in [6, 6.07) is 8.45. The second kappa shape index (κ2) is 9.09. The Morgan fingerprint density at radius 1 is 1.03 bits per heavy atom. The van der Waals surface area contributed by atoms with Gasteiger partial charge in [0.25, 0.3) is 0 Å². The van der Waals surface area contributed by atoms with Crippen molar-refractivity contribution in [1.29, 1.82) is 0 Å². The van der Waals surface area contributed by atoms with E-state index >= 15 is 0 Å². The molecule has 0 saturated carbocycles. The van der Waals surface area contributed by atoms with Gasteiger partial charge >= 0.3 is 0 Å². The molecule has 10 heteroatoms. The van der Waals surface area contributed by atoms with Crippen LogP contribution in [0.5, 0.6) is 0 Å². The van der Waals surface area contributed by atoms with Crippen LogP contribution in [0.25, 0.3) is 10.2 Å². The topological polar surface area (TPSA) is 83.5 Å². The Hall–Kier alpha value is -2.01. The van der Waals surface area contributed by atoms with Crippen molar-refractivity contribution in [2.75, 3.05) is 31.9 Å². The third kappa shape index (κ3) is 4.16. The molecule has 168 valence electrons. The average molecular weight is 489 g/mol. The molecule has 1 aromatic carbocycles. The fourth-order valence-electron chi connectivity index (χ4n) is 4.31. The molecule has 3 aromatic rings. The lowest BCUT2D eigenvalue weighted by Gasteiger charge is -2.34. The van der Waals surface area contributed by atoms with Crippen LogP contribution in [0, 0.1) is 0 Å². The molecule has 5 rings (SSSR count). The number of amides is 1. The van der Waals surface area contributed by atoms with Gasteiger partial charge in [0, 0.05) is 36.4 Å². The van der Waals surface area contributed by atoms with Crippen LogP contribution in [0.1, 0.15) is 23.3 Å². The predicted molar refractivity (Wildman–Crippen MR) is 127 cm³/mol. The van der Waals surface area contributed by atoms with Crippen LogP contribution in [-0.4, -0.2) is 65.4 Å². The van der Waals surface area contributed by atoms with Crippen molar-refractivity contribution in [3.8, 4) is 0 Å². The summed E-state index contributed by atoms with van der Waals surface area (Å²) in [5.74, 6) is 0.310. The van der Waals surface area contributed by atoms with Gasteiger partial charge in [0.05, 0.1) is 10.6 Å². The maximum absolute atomic E-state index is 12.9. The largest absolute Gasteiger partial charge is 0.339 e. The fourth-order valence-corrected chi connectivity index (χ4v) is 7.98. The van der Waals surface area contributed by atoms with Crippen LogP contribution < -0.4 is 0 Å². The van der Waals surface area contributed by atoms with Crippen molar-refractivity contribution >= 4 is 49.2 Å². The van der Waals surface area contributed by atoms with E-state index in [-0.39, 0.29) is 5.91 Å². The third-order valence-corrected chi connectivity index (χ3v) is 10.1. The van der Waals surface area contributed by atoms with Crippen molar-refractivity contribution in [3.05, 3.63) is 47.1 Å². The summed E-state index contributed by atoms with van der Waals surface area (Å²) < 4.78 is 27.1. The molecule has 0 atom stereocenters. The van der Waals surface area contributed by atoms with Crippen molar-refractivity contribution in [3.63, 3.8) is 0 Å². The number of aromatic nitrogens is 2. The first-order chi connectivity index (χ1) is 15.5. The van der Waals surface area contributed by atoms with Gasteiger partial charge in [-0.2, -0.15) is 4.31 Å². The monoisotopic (exact) mass is 488 g/mol. The molecule has 1 saturated heterocycles. The zero-order valence-electron chi connectivity index (χ0n) is 17.6. The van der Waals surface area contributed by atoms with Crippen LogP contribution in [0.15, 0.2) is 46.6 Å². The molecule has 0 N–H and O–H groups in total. The van der Waals surface area contributed by atoms with E-state index < -0.39 is 10.0 Å². The van der Waals surface area contributed by atoms with Crippen LogP contribution in [-0.2, 0) is 27.7 Å². The van der Waals surface area contributed by atoms with E-state index in [1.807, 2.05) is 0 Å². The Kier molecular flexibility index (Phi) is 6.20. The molecule has 1 aliphatic heterocycles. The maximum atomic E-state index is 12.9. The van der Waals surface area contributed by atoms with Crippen molar-refractivity contribution in [2.24, 2.45) is 0 Å². The molecule has 32 heavy (non-hydrogen) atoms. The summed E-state index contributed by atoms with van der Waals surface area (Å²) in [6.45, 7) is 1.42. The summed E-state index contributed by atoms with van der Waals surface area (Å²) in [6.07, 6.45) is 6.16. The summed E-state index contributed by atoms with van der Waals surface area (Å²) in [5.41, 5.74) is 1.37. The summed E-state index contributed by atoms with van der Waals surface area (Å²) in [7, 11) is -3.52. The Bertz CT molecular complexity index is 1240. The number of piperazine rings is 1. The standard InChI is InChI=1S/C22H24N4O3S3/c27-19(25-10-12-26(13-11-25)32(28,29)16-6-2-1-3-7-16)14-30-21-20-17-8-4-5-9-18(17)31-22(20)24-15-23-21/h1-3,6-7,15H,4-5,8-14H2. The number of rotatable bonds is 5. The van der Waals surface area contributed by atoms with E-state index in [9.17, 15) is 13.2 Å². The molecule has 2 aliphatic rings. The molecule has 0 unspecified atom stereocenters. The highest BCUT2D eigenvalue weighted by Crippen LogP contribution is 2.39. The summed E-state index contributed by atoms with van der Waals surface area (Å²) in [4.78, 5) is 26.3. The highest BCUT2D eigenvalue weighted by molar-refractivity contribution is 8.00. The van der Waals surface area contributed by atoms with E-state index in [0.717, 1.165) is 28.1 Å². The zero-order chi connectivity index (χ0) is 22.1. The Morgan fingerprint density at radius 3 is 2.56 bits per heavy atom. The molecular weight excluding hydrogens is 464 g/mol. The SMILES string of the molecule is O=C(CSc1ncnc2sc3c(c12)CCCC3)N1CCN(S(=O)(=O)c2ccccc2)CC1. The molecule has 0 spiro atoms. The van der Waals surface area contributed by atoms with Crippen molar-refractivity contribution in [1.82, 2.24) is 19.2 Å². The molecular formula is C22H24N4O3S3. The van der Waals surface area contributed by atoms with Crippen LogP contribution in [0.3, 0.4) is 0 Å². The number of carbonyl (C=O) groups is 1. The van der Waals surface area contributed by atoms with Gasteiger partial charge < -0.3 is 4.90 Å². The second-order valence-electron chi connectivity index (χ2n) is 7.96. The Balaban J connectivity index is 1.22. The lowest BCUT2D eigenvalue weighted by molar-refractivity contribution is -0.129. The molecule has 0 radical (unpaired) electrons. The van der Waals surface area contributed by atoms with Gasteiger partial charge in [-0.25, -0.2) is 18.4 Å². The predicted octanol–water partition coefficient (Wildman–Crippen LogP) is 3.20. The molecule has 1 amide bonds. The lowest BCUT2D eigenvalue weighted by Crippen LogP contribution is -2.50. The van der Waals surface area contributed by atoms with Crippen LogP contribution in [0.2, 0.25) is 0 Å². The highest BCUT2D eigenvalue weighted by atomic mass is 32.2. The van der Waals surface area contributed by atoms with Crippen molar-refractivity contribution < 1.29 is 13.2 Å². The second-order valence-corrected chi connectivity index (χ2v) is 11.9. The summed E-state index contributed by atoms with van der Waals surface area (Å²) >= 11 is 3.22. The van der Waals surface area contributed by atoms with Gasteiger partial charge in [0.2, 0.25) is 15.9 Å². The Morgan fingerprint density at radius 2 is 1.78 bits per heavy atom. The van der Waals surface area contributed by atoms with Gasteiger partial charge in [0.15, 0.2) is 0 Å². The van der Waals surface area contributed by atoms with Gasteiger partial charge in [0.1, 0.15) is 16.2 Å². The number of aryl methyl sites for hydroxylation is 2. The number of thiophene rings is 1. The summed E-state index contributed by atoms with van der Waals surface area (Å²) in [5, 5.41) is 2.01. The maximum Gasteiger partial charge on any atom is 0.243 e. The molecule has 3 heterocycles. The Labute approximate surface area is 195 Å². The minimum Gasteiger partial charge on any atom is -0.339 e. The zero-order valence-corrected chi connectivity index (χ0v) is 20.0. The molecule has 7 nitrogen and oxygen atoms in total. The first kappa shape index (κ1) is 21.8. The normalized spacial score (nSPS) is 17.4. The highest BCUT2D eigenvalue weighted by Gasteiger charge is 2.30. The first-order valence-corrected chi connectivity index (χ1v) is 14.0. The smallest absolute Gasteiger partial charge is 0.243 e. The quantitative estimate of drug-likeness (QED) is 0.405. The van der Waals surface area contributed by atoms with Crippen LogP contribution in [0.4, 0.5) is 0 Å². The fraction of sp³-hybridized carbons (Fsp3) is 0.409. The van der Waals surface area contributed by atoms with Gasteiger partial charge in [-0.3, -0.25) is 4.79 Å². The van der Waals surface area contributed by atoms with E-state index in [4.69, 9.17) is 0 Å². The van der Waals surface area contributed by atoms with Crippen LogP contribution >= 0.6 is 23.1 Å². The van der Waals surface area contributed by atoms with E-state index in [1.165, 1.54) is 39.3 Å². The molecule has 1 fully saturated rings. The van der Waals surface area contributed by atoms with E-state index in [0.29, 0.717) is 36.8 Å². The lowest BCUT2D eigenvalue weighted by atomic mass is 9.97. The molecule has 2 aromatic heterocycles. The number of sulfonamides is 1. The number of fused-ring (bicyclic) bond motifs is 3. The number of hydrogen-bond acceptors (Lipinski definition) is 7. The van der Waals surface area contributed by atoms with Gasteiger partial charge in [-0.1, -0.05) is 30.0 Å². The van der Waals surface area contributed by atoms with Gasteiger partial charge in [-0.05, 0) is 43.4 Å². The number of nitrogens with zero attached hydrogens (tertiary/aromatic N) is 4. The van der Waals surface area contributed by atoms with Gasteiger partial charge in [-0.15, -0.1) is 11.3 Å². The number of benzene rings is 1. The minimum atomic E-state index is -3.52. The van der Waals surface area contributed by atoms with E-state index in [1.54, 1.807) is 52.9 Å². The number of thioether (sulfide) groups is 1. The first-order valence-electron chi connectivity index (χ1n) is 10.7. The van der Waals surface area contributed by atoms with E-state index in [2.05, 4.69) is 9.97 Å². The molecule has 0 bridgehead atoms. The molecule has 1 aliphatic carbocycles. The average Bonchev–Trinajstić information content (AvgIpc) is 3.22. The van der Waals surface area contributed by atoms with Crippen molar-refractivity contribution in [2.45, 2.75) is 35.6 Å². The number of hydrogen-bond donors (Lipinski definition) is 0.